The first kappa shape index (κ1) is 8.74. The van der Waals surface area contributed by atoms with Gasteiger partial charge < -0.3 is 0 Å². The Labute approximate surface area is 59.0 Å². The topological polar surface area (TPSA) is 0 Å². The van der Waals surface area contributed by atoms with Gasteiger partial charge in [0.25, 0.3) is 0 Å². The number of rotatable bonds is 4. The Morgan fingerprint density at radius 1 is 1.22 bits per heavy atom. The second-order valence-corrected chi connectivity index (χ2v) is 2.56. The van der Waals surface area contributed by atoms with Gasteiger partial charge in [0.1, 0.15) is 0 Å². The minimum atomic E-state index is 1.20. The maximum absolute atomic E-state index is 2.32. The Balaban J connectivity index is 3.00. The van der Waals surface area contributed by atoms with E-state index in [1.165, 1.54) is 24.8 Å². The summed E-state index contributed by atoms with van der Waals surface area (Å²) in [5, 5.41) is 0. The van der Waals surface area contributed by atoms with Gasteiger partial charge in [-0.15, -0.1) is 0 Å². The molecule has 0 aromatic rings. The molecule has 0 saturated heterocycles. The molecule has 0 nitrogen and oxygen atoms in total. The van der Waals surface area contributed by atoms with Crippen LogP contribution in [0.4, 0.5) is 0 Å². The number of hydrogen-bond acceptors (Lipinski definition) is 0. The first-order valence-corrected chi connectivity index (χ1v) is 3.72. The maximum atomic E-state index is 2.32. The van der Waals surface area contributed by atoms with Crippen LogP contribution in [-0.2, 0) is 0 Å². The Morgan fingerprint density at radius 2 is 1.89 bits per heavy atom. The van der Waals surface area contributed by atoms with Gasteiger partial charge in [0.2, 0.25) is 0 Å². The summed E-state index contributed by atoms with van der Waals surface area (Å²) >= 11 is 0. The zero-order chi connectivity index (χ0) is 7.11. The predicted octanol–water partition coefficient (Wildman–Crippen LogP) is 3.35. The molecule has 53 valence electrons. The van der Waals surface area contributed by atoms with E-state index in [2.05, 4.69) is 33.3 Å². The molecule has 0 unspecified atom stereocenters. The van der Waals surface area contributed by atoms with E-state index in [-0.39, 0.29) is 0 Å². The molecule has 0 aromatic heterocycles. The van der Waals surface area contributed by atoms with E-state index in [9.17, 15) is 0 Å². The molecule has 0 amide bonds. The van der Waals surface area contributed by atoms with Gasteiger partial charge in [-0.25, -0.2) is 0 Å². The van der Waals surface area contributed by atoms with Crippen LogP contribution in [0.2, 0.25) is 0 Å². The van der Waals surface area contributed by atoms with Crippen LogP contribution >= 0.6 is 0 Å². The molecule has 1 radical (unpaired) electrons. The lowest BCUT2D eigenvalue weighted by molar-refractivity contribution is 0.896. The number of hydrogen-bond donors (Lipinski definition) is 0. The monoisotopic (exact) mass is 125 g/mol. The van der Waals surface area contributed by atoms with Crippen LogP contribution in [0, 0.1) is 6.42 Å². The van der Waals surface area contributed by atoms with Crippen LogP contribution in [0.5, 0.6) is 0 Å². The molecule has 0 N–H and O–H groups in total. The van der Waals surface area contributed by atoms with Gasteiger partial charge in [-0.2, -0.15) is 0 Å². The zero-order valence-corrected chi connectivity index (χ0v) is 6.78. The largest absolute Gasteiger partial charge is 0.0859 e. The Bertz CT molecular complexity index is 76.0. The standard InChI is InChI=1S/C9H17/c1-4-5-6-7-8-9(2)3/h5,8H,4,6-7H2,1-3H3. The van der Waals surface area contributed by atoms with Crippen molar-refractivity contribution in [1.82, 2.24) is 0 Å². The van der Waals surface area contributed by atoms with Crippen LogP contribution in [-0.4, -0.2) is 0 Å². The van der Waals surface area contributed by atoms with Gasteiger partial charge in [0.15, 0.2) is 0 Å². The lowest BCUT2D eigenvalue weighted by Crippen LogP contribution is -1.73. The molecule has 0 spiro atoms. The van der Waals surface area contributed by atoms with E-state index >= 15 is 0 Å². The molecule has 9 heavy (non-hydrogen) atoms. The maximum Gasteiger partial charge on any atom is -0.0346 e. The zero-order valence-electron chi connectivity index (χ0n) is 6.78. The molecule has 0 aromatic carbocycles. The van der Waals surface area contributed by atoms with Crippen molar-refractivity contribution in [2.45, 2.75) is 40.0 Å². The fourth-order valence-corrected chi connectivity index (χ4v) is 0.694. The summed E-state index contributed by atoms with van der Waals surface area (Å²) in [6, 6.07) is 0. The van der Waals surface area contributed by atoms with E-state index in [0.717, 1.165) is 0 Å². The van der Waals surface area contributed by atoms with Crippen molar-refractivity contribution < 1.29 is 0 Å². The van der Waals surface area contributed by atoms with Crippen molar-refractivity contribution >= 4 is 0 Å². The average molecular weight is 125 g/mol. The normalized spacial score (nSPS) is 9.22. The summed E-state index contributed by atoms with van der Waals surface area (Å²) < 4.78 is 0. The van der Waals surface area contributed by atoms with Gasteiger partial charge in [-0.3, -0.25) is 0 Å². The molecule has 0 rings (SSSR count). The fraction of sp³-hybridized carbons (Fsp3) is 0.667. The average Bonchev–Trinajstić information content (AvgIpc) is 1.80. The second kappa shape index (κ2) is 5.87. The lowest BCUT2D eigenvalue weighted by Gasteiger charge is -1.91. The molecular weight excluding hydrogens is 108 g/mol. The SMILES string of the molecule is CC[CH]CCC=C(C)C. The van der Waals surface area contributed by atoms with Crippen LogP contribution in [0.3, 0.4) is 0 Å². The van der Waals surface area contributed by atoms with E-state index in [1.54, 1.807) is 0 Å². The lowest BCUT2D eigenvalue weighted by atomic mass is 10.2. The molecular formula is C9H17. The quantitative estimate of drug-likeness (QED) is 0.399. The third-order valence-electron chi connectivity index (χ3n) is 1.21. The van der Waals surface area contributed by atoms with Crippen molar-refractivity contribution in [1.29, 1.82) is 0 Å². The van der Waals surface area contributed by atoms with Gasteiger partial charge in [-0.1, -0.05) is 25.0 Å². The highest BCUT2D eigenvalue weighted by atomic mass is 13.9. The molecule has 0 atom stereocenters. The Hall–Kier alpha value is -0.260. The fourth-order valence-electron chi connectivity index (χ4n) is 0.694. The smallest absolute Gasteiger partial charge is 0.0346 e. The third-order valence-corrected chi connectivity index (χ3v) is 1.21. The van der Waals surface area contributed by atoms with Crippen LogP contribution in [0.15, 0.2) is 11.6 Å². The second-order valence-electron chi connectivity index (χ2n) is 2.56. The minimum absolute atomic E-state index is 1.20. The third kappa shape index (κ3) is 7.74. The van der Waals surface area contributed by atoms with E-state index in [1.807, 2.05) is 0 Å². The summed E-state index contributed by atoms with van der Waals surface area (Å²) in [6.45, 7) is 6.47. The highest BCUT2D eigenvalue weighted by Gasteiger charge is 1.81. The van der Waals surface area contributed by atoms with Crippen LogP contribution in [0.1, 0.15) is 40.0 Å². The first-order valence-electron chi connectivity index (χ1n) is 3.72. The predicted molar refractivity (Wildman–Crippen MR) is 43.3 cm³/mol. The summed E-state index contributed by atoms with van der Waals surface area (Å²) in [6.07, 6.45) is 8.26. The van der Waals surface area contributed by atoms with Gasteiger partial charge in [0.05, 0.1) is 0 Å². The van der Waals surface area contributed by atoms with Crippen LogP contribution in [0.25, 0.3) is 0 Å². The van der Waals surface area contributed by atoms with E-state index in [4.69, 9.17) is 0 Å². The molecule has 0 aliphatic rings. The molecule has 0 heteroatoms. The number of allylic oxidation sites excluding steroid dienone is 2. The number of unbranched alkanes of at least 4 members (excludes halogenated alkanes) is 3. The summed E-state index contributed by atoms with van der Waals surface area (Å²) in [5.74, 6) is 0. The van der Waals surface area contributed by atoms with Gasteiger partial charge in [-0.05, 0) is 33.1 Å². The van der Waals surface area contributed by atoms with Crippen LogP contribution < -0.4 is 0 Å². The highest BCUT2D eigenvalue weighted by Crippen LogP contribution is 2.00. The molecule has 0 fully saturated rings. The van der Waals surface area contributed by atoms with E-state index in [0.29, 0.717) is 0 Å². The minimum Gasteiger partial charge on any atom is -0.0859 e. The molecule has 0 bridgehead atoms. The van der Waals surface area contributed by atoms with Crippen molar-refractivity contribution in [3.8, 4) is 0 Å². The summed E-state index contributed by atoms with van der Waals surface area (Å²) in [4.78, 5) is 0. The Morgan fingerprint density at radius 3 is 2.33 bits per heavy atom. The van der Waals surface area contributed by atoms with Crippen molar-refractivity contribution in [3.05, 3.63) is 18.1 Å². The van der Waals surface area contributed by atoms with Crippen molar-refractivity contribution in [2.75, 3.05) is 0 Å². The van der Waals surface area contributed by atoms with Gasteiger partial charge in [0, 0.05) is 0 Å². The van der Waals surface area contributed by atoms with Crippen molar-refractivity contribution in [2.24, 2.45) is 0 Å². The van der Waals surface area contributed by atoms with Crippen molar-refractivity contribution in [3.63, 3.8) is 0 Å². The highest BCUT2D eigenvalue weighted by molar-refractivity contribution is 4.93. The first-order chi connectivity index (χ1) is 4.27. The summed E-state index contributed by atoms with van der Waals surface area (Å²) in [5.41, 5.74) is 1.43. The summed E-state index contributed by atoms with van der Waals surface area (Å²) in [7, 11) is 0. The molecule has 0 saturated carbocycles. The molecule has 0 aliphatic heterocycles. The van der Waals surface area contributed by atoms with E-state index < -0.39 is 0 Å². The molecule has 0 aliphatic carbocycles. The Kier molecular flexibility index (Phi) is 5.70. The van der Waals surface area contributed by atoms with Gasteiger partial charge >= 0.3 is 0 Å². The molecule has 0 heterocycles.